The van der Waals surface area contributed by atoms with Gasteiger partial charge in [-0.25, -0.2) is 0 Å². The molecule has 0 aromatic heterocycles. The first kappa shape index (κ1) is 13.9. The van der Waals surface area contributed by atoms with Crippen molar-refractivity contribution in [2.45, 2.75) is 40.0 Å². The minimum atomic E-state index is -0.165. The van der Waals surface area contributed by atoms with Gasteiger partial charge in [-0.1, -0.05) is 18.5 Å². The van der Waals surface area contributed by atoms with Crippen LogP contribution >= 0.6 is 11.6 Å². The number of nitrogens with zero attached hydrogens (tertiary/aromatic N) is 1. The van der Waals surface area contributed by atoms with E-state index in [1.165, 1.54) is 0 Å². The van der Waals surface area contributed by atoms with Gasteiger partial charge >= 0.3 is 0 Å². The van der Waals surface area contributed by atoms with Gasteiger partial charge in [0.25, 0.3) is 0 Å². The van der Waals surface area contributed by atoms with Gasteiger partial charge in [0.05, 0.1) is 19.1 Å². The zero-order valence-electron chi connectivity index (χ0n) is 11.0. The Bertz CT molecular complexity index is 474. The van der Waals surface area contributed by atoms with E-state index in [9.17, 15) is 5.26 Å². The average Bonchev–Trinajstić information content (AvgIpc) is 2.34. The number of halogens is 1. The molecule has 1 rings (SSSR count). The van der Waals surface area contributed by atoms with Crippen molar-refractivity contribution in [1.82, 2.24) is 0 Å². The molecular formula is C14H18ClNO. The summed E-state index contributed by atoms with van der Waals surface area (Å²) in [5.41, 5.74) is 3.94. The first-order valence-corrected chi connectivity index (χ1v) is 6.10. The maximum atomic E-state index is 9.23. The smallest absolute Gasteiger partial charge is 0.126 e. The number of hydrogen-bond acceptors (Lipinski definition) is 2. The van der Waals surface area contributed by atoms with Gasteiger partial charge in [-0.2, -0.15) is 5.26 Å². The SMILES string of the molecule is CCC(C#N)c1c(C)c(Cl)c(C)c(C)c1OC. The molecule has 92 valence electrons. The van der Waals surface area contributed by atoms with E-state index in [0.29, 0.717) is 0 Å². The highest BCUT2D eigenvalue weighted by molar-refractivity contribution is 6.32. The second-order valence-electron chi connectivity index (χ2n) is 4.23. The van der Waals surface area contributed by atoms with Crippen molar-refractivity contribution in [3.63, 3.8) is 0 Å². The monoisotopic (exact) mass is 251 g/mol. The second-order valence-corrected chi connectivity index (χ2v) is 4.60. The van der Waals surface area contributed by atoms with E-state index in [0.717, 1.165) is 39.4 Å². The molecule has 1 aromatic rings. The molecule has 1 unspecified atom stereocenters. The Kier molecular flexibility index (Phi) is 4.42. The molecule has 0 saturated heterocycles. The number of rotatable bonds is 3. The fraction of sp³-hybridized carbons (Fsp3) is 0.500. The molecule has 0 heterocycles. The van der Waals surface area contributed by atoms with E-state index in [1.54, 1.807) is 7.11 Å². The quantitative estimate of drug-likeness (QED) is 0.803. The molecule has 0 aliphatic rings. The average molecular weight is 252 g/mol. The highest BCUT2D eigenvalue weighted by Crippen LogP contribution is 2.40. The summed E-state index contributed by atoms with van der Waals surface area (Å²) < 4.78 is 5.47. The minimum absolute atomic E-state index is 0.165. The van der Waals surface area contributed by atoms with Crippen molar-refractivity contribution >= 4 is 11.6 Å². The van der Waals surface area contributed by atoms with E-state index < -0.39 is 0 Å². The molecule has 3 heteroatoms. The fourth-order valence-corrected chi connectivity index (χ4v) is 2.39. The molecule has 0 bridgehead atoms. The van der Waals surface area contributed by atoms with E-state index in [-0.39, 0.29) is 5.92 Å². The maximum Gasteiger partial charge on any atom is 0.126 e. The maximum absolute atomic E-state index is 9.23. The van der Waals surface area contributed by atoms with Crippen LogP contribution in [0.3, 0.4) is 0 Å². The Morgan fingerprint density at radius 3 is 2.24 bits per heavy atom. The Labute approximate surface area is 108 Å². The summed E-state index contributed by atoms with van der Waals surface area (Å²) in [6, 6.07) is 2.32. The largest absolute Gasteiger partial charge is 0.496 e. The van der Waals surface area contributed by atoms with Crippen molar-refractivity contribution in [3.8, 4) is 11.8 Å². The lowest BCUT2D eigenvalue weighted by Crippen LogP contribution is -2.05. The molecular weight excluding hydrogens is 234 g/mol. The van der Waals surface area contributed by atoms with Crippen molar-refractivity contribution in [3.05, 3.63) is 27.3 Å². The molecule has 0 aliphatic carbocycles. The van der Waals surface area contributed by atoms with Crippen LogP contribution in [0, 0.1) is 32.1 Å². The van der Waals surface area contributed by atoms with Crippen molar-refractivity contribution in [2.24, 2.45) is 0 Å². The number of methoxy groups -OCH3 is 1. The van der Waals surface area contributed by atoms with Crippen molar-refractivity contribution < 1.29 is 4.74 Å². The van der Waals surface area contributed by atoms with Crippen LogP contribution in [0.1, 0.15) is 41.5 Å². The van der Waals surface area contributed by atoms with Gasteiger partial charge in [-0.15, -0.1) is 0 Å². The third-order valence-corrected chi connectivity index (χ3v) is 3.89. The molecule has 0 spiro atoms. The zero-order valence-corrected chi connectivity index (χ0v) is 11.8. The van der Waals surface area contributed by atoms with Crippen molar-refractivity contribution in [2.75, 3.05) is 7.11 Å². The molecule has 0 amide bonds. The summed E-state index contributed by atoms with van der Waals surface area (Å²) in [7, 11) is 1.64. The van der Waals surface area contributed by atoms with Crippen LogP contribution in [0.4, 0.5) is 0 Å². The molecule has 0 saturated carbocycles. The lowest BCUT2D eigenvalue weighted by Gasteiger charge is -2.20. The lowest BCUT2D eigenvalue weighted by atomic mass is 9.89. The summed E-state index contributed by atoms with van der Waals surface area (Å²) in [5, 5.41) is 9.97. The first-order valence-electron chi connectivity index (χ1n) is 5.72. The zero-order chi connectivity index (χ0) is 13.2. The number of nitriles is 1. The molecule has 0 aliphatic heterocycles. The van der Waals surface area contributed by atoms with E-state index in [1.807, 2.05) is 27.7 Å². The van der Waals surface area contributed by atoms with Crippen LogP contribution in [0.5, 0.6) is 5.75 Å². The predicted molar refractivity (Wildman–Crippen MR) is 70.9 cm³/mol. The second kappa shape index (κ2) is 5.42. The third kappa shape index (κ3) is 2.25. The standard InChI is InChI=1S/C14H18ClNO/c1-6-11(7-16)12-10(4)13(15)8(2)9(3)14(12)17-5/h11H,6H2,1-5H3. The Morgan fingerprint density at radius 1 is 1.24 bits per heavy atom. The summed E-state index contributed by atoms with van der Waals surface area (Å²) >= 11 is 6.31. The van der Waals surface area contributed by atoms with Crippen LogP contribution < -0.4 is 4.74 Å². The first-order chi connectivity index (χ1) is 7.99. The Morgan fingerprint density at radius 2 is 1.82 bits per heavy atom. The molecule has 2 nitrogen and oxygen atoms in total. The summed E-state index contributed by atoms with van der Waals surface area (Å²) in [6.07, 6.45) is 0.756. The van der Waals surface area contributed by atoms with Crippen LogP contribution in [0.25, 0.3) is 0 Å². The van der Waals surface area contributed by atoms with Gasteiger partial charge in [0.2, 0.25) is 0 Å². The molecule has 0 N–H and O–H groups in total. The van der Waals surface area contributed by atoms with E-state index in [4.69, 9.17) is 16.3 Å². The number of hydrogen-bond donors (Lipinski definition) is 0. The fourth-order valence-electron chi connectivity index (χ4n) is 2.15. The van der Waals surface area contributed by atoms with E-state index >= 15 is 0 Å². The number of ether oxygens (including phenoxy) is 1. The highest BCUT2D eigenvalue weighted by atomic mass is 35.5. The van der Waals surface area contributed by atoms with Crippen LogP contribution in [0.15, 0.2) is 0 Å². The minimum Gasteiger partial charge on any atom is -0.496 e. The van der Waals surface area contributed by atoms with Gasteiger partial charge < -0.3 is 4.74 Å². The number of benzene rings is 1. The molecule has 1 atom stereocenters. The summed E-state index contributed by atoms with van der Waals surface area (Å²) in [4.78, 5) is 0. The molecule has 17 heavy (non-hydrogen) atoms. The van der Waals surface area contributed by atoms with Crippen LogP contribution in [-0.2, 0) is 0 Å². The lowest BCUT2D eigenvalue weighted by molar-refractivity contribution is 0.403. The topological polar surface area (TPSA) is 33.0 Å². The summed E-state index contributed by atoms with van der Waals surface area (Å²) in [5.74, 6) is 0.638. The van der Waals surface area contributed by atoms with Crippen LogP contribution in [-0.4, -0.2) is 7.11 Å². The predicted octanol–water partition coefficient (Wildman–Crippen LogP) is 4.29. The Balaban J connectivity index is 3.64. The summed E-state index contributed by atoms with van der Waals surface area (Å²) in [6.45, 7) is 7.90. The molecule has 0 fully saturated rings. The molecule has 0 radical (unpaired) electrons. The van der Waals surface area contributed by atoms with Gasteiger partial charge in [0.1, 0.15) is 5.75 Å². The third-order valence-electron chi connectivity index (χ3n) is 3.33. The van der Waals surface area contributed by atoms with Gasteiger partial charge in [0, 0.05) is 10.6 Å². The highest BCUT2D eigenvalue weighted by Gasteiger charge is 2.22. The van der Waals surface area contributed by atoms with E-state index in [2.05, 4.69) is 6.07 Å². The Hall–Kier alpha value is -1.20. The molecule has 1 aromatic carbocycles. The van der Waals surface area contributed by atoms with Gasteiger partial charge in [0.15, 0.2) is 0 Å². The van der Waals surface area contributed by atoms with Gasteiger partial charge in [-0.3, -0.25) is 0 Å². The van der Waals surface area contributed by atoms with Crippen molar-refractivity contribution in [1.29, 1.82) is 5.26 Å². The van der Waals surface area contributed by atoms with Gasteiger partial charge in [-0.05, 0) is 43.9 Å². The normalized spacial score (nSPS) is 12.1. The van der Waals surface area contributed by atoms with Crippen LogP contribution in [0.2, 0.25) is 5.02 Å².